The number of carbonyl (C=O) groups is 2. The minimum Gasteiger partial charge on any atom is -0.486 e. The number of hydrogen-bond donors (Lipinski definition) is 1. The molecule has 0 saturated heterocycles. The van der Waals surface area contributed by atoms with Crippen LogP contribution in [0.3, 0.4) is 0 Å². The van der Waals surface area contributed by atoms with Crippen molar-refractivity contribution in [1.29, 1.82) is 0 Å². The number of benzene rings is 1. The number of amides is 1. The molecule has 0 fully saturated rings. The van der Waals surface area contributed by atoms with Gasteiger partial charge in [0.15, 0.2) is 5.78 Å². The number of aromatic nitrogens is 2. The second kappa shape index (κ2) is 7.69. The number of hydrogen-bond acceptors (Lipinski definition) is 6. The first-order valence-electron chi connectivity index (χ1n) is 8.63. The first-order valence-corrected chi connectivity index (χ1v) is 9.89. The molecule has 0 bridgehead atoms. The smallest absolute Gasteiger partial charge is 0.252 e. The lowest BCUT2D eigenvalue weighted by atomic mass is 10.0. The molecule has 0 saturated carbocycles. The molecule has 1 amide bonds. The van der Waals surface area contributed by atoms with Gasteiger partial charge in [0.05, 0.1) is 22.0 Å². The van der Waals surface area contributed by atoms with Crippen molar-refractivity contribution in [1.82, 2.24) is 15.3 Å². The maximum absolute atomic E-state index is 12.3. The summed E-state index contributed by atoms with van der Waals surface area (Å²) in [5, 5.41) is 5.07. The van der Waals surface area contributed by atoms with Crippen LogP contribution in [0.1, 0.15) is 32.5 Å². The molecule has 3 heterocycles. The zero-order valence-corrected chi connectivity index (χ0v) is 16.5. The number of fused-ring (bicyclic) bond motifs is 1. The molecule has 8 heteroatoms. The normalized spacial score (nSPS) is 15.0. The number of nitrogens with zero attached hydrogens (tertiary/aromatic N) is 2. The first-order chi connectivity index (χ1) is 13.5. The summed E-state index contributed by atoms with van der Waals surface area (Å²) in [4.78, 5) is 32.3. The summed E-state index contributed by atoms with van der Waals surface area (Å²) in [6.45, 7) is 1.83. The molecule has 1 aliphatic heterocycles. The van der Waals surface area contributed by atoms with Crippen LogP contribution >= 0.6 is 22.9 Å². The number of thiophene rings is 1. The van der Waals surface area contributed by atoms with Gasteiger partial charge in [0.25, 0.3) is 5.91 Å². The fourth-order valence-corrected chi connectivity index (χ4v) is 4.14. The third-order valence-corrected chi connectivity index (χ3v) is 5.76. The van der Waals surface area contributed by atoms with Crippen molar-refractivity contribution in [2.45, 2.75) is 19.4 Å². The van der Waals surface area contributed by atoms with Crippen LogP contribution < -0.4 is 10.1 Å². The van der Waals surface area contributed by atoms with Crippen LogP contribution in [0.2, 0.25) is 5.02 Å². The van der Waals surface area contributed by atoms with Crippen LogP contribution in [0.5, 0.6) is 5.75 Å². The molecule has 6 nitrogen and oxygen atoms in total. The molecule has 1 aliphatic rings. The van der Waals surface area contributed by atoms with Crippen LogP contribution in [0.4, 0.5) is 0 Å². The quantitative estimate of drug-likeness (QED) is 0.643. The molecule has 1 N–H and O–H groups in total. The zero-order valence-electron chi connectivity index (χ0n) is 14.9. The molecular formula is C20H16ClN3O3S. The maximum Gasteiger partial charge on any atom is 0.252 e. The van der Waals surface area contributed by atoms with E-state index < -0.39 is 0 Å². The van der Waals surface area contributed by atoms with Gasteiger partial charge in [-0.2, -0.15) is 0 Å². The summed E-state index contributed by atoms with van der Waals surface area (Å²) in [7, 11) is 0. The Kier molecular flexibility index (Phi) is 5.11. The number of ketones is 1. The van der Waals surface area contributed by atoms with E-state index in [1.165, 1.54) is 24.6 Å². The van der Waals surface area contributed by atoms with Crippen molar-refractivity contribution < 1.29 is 14.3 Å². The molecule has 142 valence electrons. The molecule has 1 atom stereocenters. The van der Waals surface area contributed by atoms with Gasteiger partial charge < -0.3 is 10.1 Å². The molecule has 4 rings (SSSR count). The van der Waals surface area contributed by atoms with Crippen molar-refractivity contribution in [3.8, 4) is 16.9 Å². The van der Waals surface area contributed by atoms with E-state index in [1.807, 2.05) is 12.1 Å². The lowest BCUT2D eigenvalue weighted by Crippen LogP contribution is -2.34. The topological polar surface area (TPSA) is 81.2 Å². The largest absolute Gasteiger partial charge is 0.486 e. The Morgan fingerprint density at radius 3 is 2.75 bits per heavy atom. The number of ether oxygens (including phenoxy) is 1. The second-order valence-corrected chi connectivity index (χ2v) is 7.80. The van der Waals surface area contributed by atoms with E-state index in [1.54, 1.807) is 23.8 Å². The number of halogens is 1. The second-order valence-electron chi connectivity index (χ2n) is 6.48. The van der Waals surface area contributed by atoms with Gasteiger partial charge in [0, 0.05) is 35.3 Å². The minimum absolute atomic E-state index is 0.0483. The average molecular weight is 414 g/mol. The molecular weight excluding hydrogens is 398 g/mol. The summed E-state index contributed by atoms with van der Waals surface area (Å²) < 4.78 is 5.93. The third-order valence-electron chi connectivity index (χ3n) is 4.45. The predicted octanol–water partition coefficient (Wildman–Crippen LogP) is 3.79. The summed E-state index contributed by atoms with van der Waals surface area (Å²) in [5.74, 6) is 0.375. The zero-order chi connectivity index (χ0) is 19.7. The Balaban J connectivity index is 1.43. The maximum atomic E-state index is 12.3. The van der Waals surface area contributed by atoms with E-state index in [0.29, 0.717) is 34.2 Å². The summed E-state index contributed by atoms with van der Waals surface area (Å²) in [6.07, 6.45) is 5.38. The Morgan fingerprint density at radius 1 is 1.25 bits per heavy atom. The minimum atomic E-state index is -0.225. The van der Waals surface area contributed by atoms with Crippen LogP contribution in [0, 0.1) is 0 Å². The Morgan fingerprint density at radius 2 is 2.04 bits per heavy atom. The molecule has 0 radical (unpaired) electrons. The van der Waals surface area contributed by atoms with Gasteiger partial charge in [-0.25, -0.2) is 9.97 Å². The van der Waals surface area contributed by atoms with Gasteiger partial charge >= 0.3 is 0 Å². The van der Waals surface area contributed by atoms with Crippen LogP contribution in [-0.2, 0) is 6.42 Å². The number of nitrogens with one attached hydrogen (secondary N) is 1. The lowest BCUT2D eigenvalue weighted by molar-refractivity contribution is 0.0934. The van der Waals surface area contributed by atoms with Crippen LogP contribution in [0.15, 0.2) is 42.3 Å². The molecule has 2 aromatic heterocycles. The average Bonchev–Trinajstić information content (AvgIpc) is 3.34. The molecule has 0 spiro atoms. The Bertz CT molecular complexity index is 1050. The standard InChI is InChI=1S/C20H16ClN3O3S/c1-11(25)18-5-14(9-28-18)20(26)24-8-16-3-13-2-12(4-17(21)19(13)27-16)15-6-22-10-23-7-15/h2,4-7,9-10,16H,3,8H2,1H3,(H,24,26). The van der Waals surface area contributed by atoms with Gasteiger partial charge in [0.1, 0.15) is 18.2 Å². The highest BCUT2D eigenvalue weighted by Crippen LogP contribution is 2.39. The van der Waals surface area contributed by atoms with Crippen molar-refractivity contribution in [2.24, 2.45) is 0 Å². The van der Waals surface area contributed by atoms with Gasteiger partial charge in [0.2, 0.25) is 0 Å². The van der Waals surface area contributed by atoms with Gasteiger partial charge in [-0.3, -0.25) is 9.59 Å². The van der Waals surface area contributed by atoms with E-state index in [2.05, 4.69) is 15.3 Å². The monoisotopic (exact) mass is 413 g/mol. The van der Waals surface area contributed by atoms with Crippen molar-refractivity contribution in [3.63, 3.8) is 0 Å². The van der Waals surface area contributed by atoms with E-state index in [-0.39, 0.29) is 17.8 Å². The fraction of sp³-hybridized carbons (Fsp3) is 0.200. The van der Waals surface area contributed by atoms with Gasteiger partial charge in [-0.15, -0.1) is 11.3 Å². The molecule has 1 unspecified atom stereocenters. The van der Waals surface area contributed by atoms with E-state index >= 15 is 0 Å². The highest BCUT2D eigenvalue weighted by atomic mass is 35.5. The highest BCUT2D eigenvalue weighted by molar-refractivity contribution is 7.12. The van der Waals surface area contributed by atoms with E-state index in [9.17, 15) is 9.59 Å². The summed E-state index contributed by atoms with van der Waals surface area (Å²) >= 11 is 7.66. The number of rotatable bonds is 5. The number of Topliss-reactive ketones (excluding diaryl/α,β-unsaturated/α-hetero) is 1. The summed E-state index contributed by atoms with van der Waals surface area (Å²) in [6, 6.07) is 5.45. The van der Waals surface area contributed by atoms with E-state index in [0.717, 1.165) is 16.7 Å². The van der Waals surface area contributed by atoms with Gasteiger partial charge in [-0.1, -0.05) is 11.6 Å². The predicted molar refractivity (Wildman–Crippen MR) is 107 cm³/mol. The number of carbonyl (C=O) groups excluding carboxylic acids is 2. The lowest BCUT2D eigenvalue weighted by Gasteiger charge is -2.12. The van der Waals surface area contributed by atoms with Crippen molar-refractivity contribution >= 4 is 34.6 Å². The summed E-state index contributed by atoms with van der Waals surface area (Å²) in [5.41, 5.74) is 3.27. The van der Waals surface area contributed by atoms with Crippen molar-refractivity contribution in [3.05, 3.63) is 63.3 Å². The highest BCUT2D eigenvalue weighted by Gasteiger charge is 2.26. The Labute approximate surface area is 170 Å². The first kappa shape index (κ1) is 18.6. The molecule has 1 aromatic carbocycles. The van der Waals surface area contributed by atoms with Crippen LogP contribution in [-0.4, -0.2) is 34.3 Å². The van der Waals surface area contributed by atoms with Gasteiger partial charge in [-0.05, 0) is 30.7 Å². The third kappa shape index (κ3) is 3.76. The molecule has 0 aliphatic carbocycles. The molecule has 28 heavy (non-hydrogen) atoms. The Hall–Kier alpha value is -2.77. The van der Waals surface area contributed by atoms with Crippen LogP contribution in [0.25, 0.3) is 11.1 Å². The van der Waals surface area contributed by atoms with E-state index in [4.69, 9.17) is 16.3 Å². The fourth-order valence-electron chi connectivity index (χ4n) is 3.06. The SMILES string of the molecule is CC(=O)c1cc(C(=O)NCC2Cc3cc(-c4cncnc4)cc(Cl)c3O2)cs1. The molecule has 3 aromatic rings. The van der Waals surface area contributed by atoms with Crippen molar-refractivity contribution in [2.75, 3.05) is 6.54 Å².